The molecule has 1 fully saturated rings. The van der Waals surface area contributed by atoms with E-state index in [1.165, 1.54) is 11.0 Å². The van der Waals surface area contributed by atoms with Crippen LogP contribution in [-0.4, -0.2) is 50.6 Å². The molecule has 0 aromatic heterocycles. The highest BCUT2D eigenvalue weighted by molar-refractivity contribution is 7.89. The third kappa shape index (κ3) is 7.31. The lowest BCUT2D eigenvalue weighted by Crippen LogP contribution is -2.29. The summed E-state index contributed by atoms with van der Waals surface area (Å²) in [7, 11) is -3.44. The number of hydrogen-bond acceptors (Lipinski definition) is 5. The van der Waals surface area contributed by atoms with Gasteiger partial charge in [0, 0.05) is 13.1 Å². The van der Waals surface area contributed by atoms with Crippen LogP contribution in [0.25, 0.3) is 0 Å². The van der Waals surface area contributed by atoms with Gasteiger partial charge in [0.15, 0.2) is 11.6 Å². The van der Waals surface area contributed by atoms with Gasteiger partial charge in [-0.1, -0.05) is 30.7 Å². The molecule has 3 amide bonds. The van der Waals surface area contributed by atoms with Crippen LogP contribution < -0.4 is 14.8 Å². The average Bonchev–Trinajstić information content (AvgIpc) is 3.07. The van der Waals surface area contributed by atoms with E-state index in [0.717, 1.165) is 5.56 Å². The number of urea groups is 1. The summed E-state index contributed by atoms with van der Waals surface area (Å²) in [6.45, 7) is 0.665. The number of nitrogens with one attached hydrogen (secondary N) is 2. The predicted molar refractivity (Wildman–Crippen MR) is 117 cm³/mol. The van der Waals surface area contributed by atoms with E-state index in [1.54, 1.807) is 36.4 Å². The first kappa shape index (κ1) is 23.7. The third-order valence-electron chi connectivity index (χ3n) is 4.91. The number of benzene rings is 2. The summed E-state index contributed by atoms with van der Waals surface area (Å²) < 4.78 is 46.5. The molecular weight excluding hydrogens is 437 g/mol. The molecule has 0 saturated carbocycles. The number of para-hydroxylation sites is 1. The molecule has 32 heavy (non-hydrogen) atoms. The zero-order chi connectivity index (χ0) is 23.0. The van der Waals surface area contributed by atoms with Gasteiger partial charge in [0.1, 0.15) is 12.3 Å². The number of nitrogens with zero attached hydrogens (tertiary/aromatic N) is 1. The fraction of sp³-hybridized carbons (Fsp3) is 0.364. The Kier molecular flexibility index (Phi) is 8.18. The number of sulfonamides is 1. The smallest absolute Gasteiger partial charge is 0.324 e. The maximum absolute atomic E-state index is 14.0. The Hall–Kier alpha value is -2.98. The van der Waals surface area contributed by atoms with Gasteiger partial charge in [0.2, 0.25) is 15.9 Å². The van der Waals surface area contributed by atoms with Crippen LogP contribution in [0.5, 0.6) is 11.5 Å². The van der Waals surface area contributed by atoms with Crippen molar-refractivity contribution in [3.63, 3.8) is 0 Å². The second kappa shape index (κ2) is 11.1. The average molecular weight is 464 g/mol. The van der Waals surface area contributed by atoms with Crippen LogP contribution in [0.4, 0.5) is 9.18 Å². The molecule has 1 aliphatic rings. The van der Waals surface area contributed by atoms with Crippen LogP contribution in [0.3, 0.4) is 0 Å². The minimum atomic E-state index is -3.44. The monoisotopic (exact) mass is 463 g/mol. The van der Waals surface area contributed by atoms with Crippen molar-refractivity contribution in [2.75, 3.05) is 25.4 Å². The lowest BCUT2D eigenvalue weighted by atomic mass is 10.1. The van der Waals surface area contributed by atoms with Crippen LogP contribution >= 0.6 is 0 Å². The second-order valence-electron chi connectivity index (χ2n) is 7.48. The topological polar surface area (TPSA) is 105 Å². The number of hydrogen-bond donors (Lipinski definition) is 2. The number of carbonyl (C=O) groups is 2. The first-order chi connectivity index (χ1) is 15.3. The fourth-order valence-electron chi connectivity index (χ4n) is 3.26. The van der Waals surface area contributed by atoms with Crippen molar-refractivity contribution in [1.29, 1.82) is 0 Å². The molecule has 2 aromatic rings. The number of rotatable bonds is 12. The Morgan fingerprint density at radius 3 is 2.56 bits per heavy atom. The number of ether oxygens (including phenoxy) is 1. The molecule has 0 spiro atoms. The summed E-state index contributed by atoms with van der Waals surface area (Å²) in [5, 5.41) is 2.20. The first-order valence-electron chi connectivity index (χ1n) is 10.4. The second-order valence-corrected chi connectivity index (χ2v) is 9.41. The molecule has 0 unspecified atom stereocenters. The number of carbonyl (C=O) groups excluding carboxylic acids is 2. The predicted octanol–water partition coefficient (Wildman–Crippen LogP) is 2.80. The van der Waals surface area contributed by atoms with Gasteiger partial charge in [-0.3, -0.25) is 10.1 Å². The summed E-state index contributed by atoms with van der Waals surface area (Å²) >= 11 is 0. The van der Waals surface area contributed by atoms with E-state index in [1.807, 2.05) is 6.07 Å². The van der Waals surface area contributed by atoms with Gasteiger partial charge in [-0.2, -0.15) is 0 Å². The molecule has 2 N–H and O–H groups in total. The van der Waals surface area contributed by atoms with Crippen molar-refractivity contribution in [3.05, 3.63) is 59.9 Å². The van der Waals surface area contributed by atoms with Crippen LogP contribution in [0.2, 0.25) is 0 Å². The Bertz CT molecular complexity index is 1050. The highest BCUT2D eigenvalue weighted by atomic mass is 32.2. The molecule has 0 atom stereocenters. The zero-order valence-electron chi connectivity index (χ0n) is 17.6. The van der Waals surface area contributed by atoms with E-state index in [4.69, 9.17) is 4.74 Å². The van der Waals surface area contributed by atoms with Crippen LogP contribution in [-0.2, 0) is 21.2 Å². The standard InChI is InChI=1S/C22H26FN3O5S/c23-19-10-9-17(15-20(19)31-18-7-3-1-4-8-18)11-12-24-32(29,30)14-6-2-5-13-26-16-21(27)25-22(26)28/h1,3-4,7-10,15,24H,2,5-6,11-14,16H2,(H,25,27,28). The Balaban J connectivity index is 1.38. The van der Waals surface area contributed by atoms with Crippen molar-refractivity contribution in [2.24, 2.45) is 0 Å². The number of amides is 3. The van der Waals surface area contributed by atoms with Crippen LogP contribution in [0, 0.1) is 5.82 Å². The van der Waals surface area contributed by atoms with E-state index < -0.39 is 21.9 Å². The lowest BCUT2D eigenvalue weighted by molar-refractivity contribution is -0.118. The SMILES string of the molecule is O=C1CN(CCCCCS(=O)(=O)NCCc2ccc(F)c(Oc3ccccc3)c2)C(=O)N1. The van der Waals surface area contributed by atoms with E-state index >= 15 is 0 Å². The van der Waals surface area contributed by atoms with Gasteiger partial charge in [-0.05, 0) is 49.1 Å². The van der Waals surface area contributed by atoms with Crippen molar-refractivity contribution < 1.29 is 27.1 Å². The summed E-state index contributed by atoms with van der Waals surface area (Å²) in [5.41, 5.74) is 0.749. The normalized spacial score (nSPS) is 14.0. The van der Waals surface area contributed by atoms with E-state index in [0.29, 0.717) is 38.0 Å². The Morgan fingerprint density at radius 1 is 1.06 bits per heavy atom. The molecular formula is C22H26FN3O5S. The summed E-state index contributed by atoms with van der Waals surface area (Å²) in [5.74, 6) is -0.231. The minimum Gasteiger partial charge on any atom is -0.454 e. The quantitative estimate of drug-likeness (QED) is 0.372. The molecule has 1 saturated heterocycles. The third-order valence-corrected chi connectivity index (χ3v) is 6.38. The highest BCUT2D eigenvalue weighted by Crippen LogP contribution is 2.25. The van der Waals surface area contributed by atoms with Gasteiger partial charge >= 0.3 is 6.03 Å². The Labute approximate surface area is 186 Å². The van der Waals surface area contributed by atoms with Crippen molar-refractivity contribution in [1.82, 2.24) is 14.9 Å². The molecule has 8 nitrogen and oxygen atoms in total. The number of unbranched alkanes of at least 4 members (excludes halogenated alkanes) is 2. The van der Waals surface area contributed by atoms with Crippen LogP contribution in [0.1, 0.15) is 24.8 Å². The van der Waals surface area contributed by atoms with Crippen LogP contribution in [0.15, 0.2) is 48.5 Å². The molecule has 0 radical (unpaired) electrons. The fourth-order valence-corrected chi connectivity index (χ4v) is 4.40. The number of imide groups is 1. The zero-order valence-corrected chi connectivity index (χ0v) is 18.4. The van der Waals surface area contributed by atoms with E-state index in [2.05, 4.69) is 10.0 Å². The summed E-state index contributed by atoms with van der Waals surface area (Å²) in [6, 6.07) is 12.9. The number of halogens is 1. The Morgan fingerprint density at radius 2 is 1.84 bits per heavy atom. The summed E-state index contributed by atoms with van der Waals surface area (Å²) in [6.07, 6.45) is 2.08. The maximum Gasteiger partial charge on any atom is 0.324 e. The van der Waals surface area contributed by atoms with Crippen molar-refractivity contribution in [2.45, 2.75) is 25.7 Å². The molecule has 10 heteroatoms. The maximum atomic E-state index is 14.0. The first-order valence-corrected chi connectivity index (χ1v) is 12.0. The van der Waals surface area contributed by atoms with Gasteiger partial charge in [0.25, 0.3) is 0 Å². The minimum absolute atomic E-state index is 0.0239. The lowest BCUT2D eigenvalue weighted by Gasteiger charge is -2.12. The molecule has 0 bridgehead atoms. The molecule has 1 aliphatic heterocycles. The molecule has 3 rings (SSSR count). The van der Waals surface area contributed by atoms with E-state index in [-0.39, 0.29) is 30.5 Å². The van der Waals surface area contributed by atoms with Gasteiger partial charge in [0.05, 0.1) is 5.75 Å². The van der Waals surface area contributed by atoms with Gasteiger partial charge in [-0.15, -0.1) is 0 Å². The van der Waals surface area contributed by atoms with Gasteiger partial charge < -0.3 is 9.64 Å². The molecule has 172 valence electrons. The van der Waals surface area contributed by atoms with Crippen molar-refractivity contribution >= 4 is 22.0 Å². The molecule has 0 aliphatic carbocycles. The molecule has 2 aromatic carbocycles. The highest BCUT2D eigenvalue weighted by Gasteiger charge is 2.25. The largest absolute Gasteiger partial charge is 0.454 e. The van der Waals surface area contributed by atoms with Gasteiger partial charge in [-0.25, -0.2) is 22.3 Å². The molecule has 1 heterocycles. The van der Waals surface area contributed by atoms with E-state index in [9.17, 15) is 22.4 Å². The van der Waals surface area contributed by atoms with Crippen molar-refractivity contribution in [3.8, 4) is 11.5 Å². The summed E-state index contributed by atoms with van der Waals surface area (Å²) in [4.78, 5) is 24.0.